The Morgan fingerprint density at radius 1 is 1.55 bits per heavy atom. The number of ketones is 1. The molecule has 1 N–H and O–H groups in total. The second kappa shape index (κ2) is 4.94. The fourth-order valence-corrected chi connectivity index (χ4v) is 0.618. The largest absolute Gasteiger partial charge is 0.512 e. The lowest BCUT2D eigenvalue weighted by Crippen LogP contribution is -2.00. The molecule has 0 spiro atoms. The lowest BCUT2D eigenvalue weighted by Gasteiger charge is -2.05. The Bertz CT molecular complexity index is 159. The zero-order valence-corrected chi connectivity index (χ0v) is 7.42. The van der Waals surface area contributed by atoms with Crippen molar-refractivity contribution in [2.24, 2.45) is 5.92 Å². The van der Waals surface area contributed by atoms with Crippen LogP contribution in [0.5, 0.6) is 0 Å². The van der Waals surface area contributed by atoms with Crippen LogP contribution in [0, 0.1) is 5.92 Å². The summed E-state index contributed by atoms with van der Waals surface area (Å²) in [6.07, 6.45) is 2.65. The van der Waals surface area contributed by atoms with Gasteiger partial charge < -0.3 is 5.11 Å². The Morgan fingerprint density at radius 2 is 2.09 bits per heavy atom. The molecule has 2 heteroatoms. The van der Waals surface area contributed by atoms with Crippen molar-refractivity contribution in [2.45, 2.75) is 33.6 Å². The molecule has 1 unspecified atom stereocenters. The maximum Gasteiger partial charge on any atom is 0.158 e. The molecule has 0 aromatic rings. The summed E-state index contributed by atoms with van der Waals surface area (Å²) in [4.78, 5) is 10.8. The highest BCUT2D eigenvalue weighted by Gasteiger charge is 2.05. The van der Waals surface area contributed by atoms with Crippen LogP contribution >= 0.6 is 0 Å². The fourth-order valence-electron chi connectivity index (χ4n) is 0.618. The first-order chi connectivity index (χ1) is 5.11. The summed E-state index contributed by atoms with van der Waals surface area (Å²) in [6, 6.07) is 0. The van der Waals surface area contributed by atoms with Crippen molar-refractivity contribution < 1.29 is 9.90 Å². The van der Waals surface area contributed by atoms with Gasteiger partial charge in [-0.25, -0.2) is 0 Å². The minimum Gasteiger partial charge on any atom is -0.512 e. The molecular weight excluding hydrogens is 140 g/mol. The number of rotatable bonds is 4. The van der Waals surface area contributed by atoms with Gasteiger partial charge in [0.15, 0.2) is 5.78 Å². The van der Waals surface area contributed by atoms with Gasteiger partial charge in [0.05, 0.1) is 5.76 Å². The van der Waals surface area contributed by atoms with Gasteiger partial charge in [0.2, 0.25) is 0 Å². The van der Waals surface area contributed by atoms with Crippen molar-refractivity contribution >= 4 is 5.78 Å². The fraction of sp³-hybridized carbons (Fsp3) is 0.667. The first-order valence-corrected chi connectivity index (χ1v) is 4.05. The van der Waals surface area contributed by atoms with Gasteiger partial charge in [-0.15, -0.1) is 0 Å². The predicted molar refractivity (Wildman–Crippen MR) is 45.5 cm³/mol. The molecule has 0 amide bonds. The summed E-state index contributed by atoms with van der Waals surface area (Å²) in [5.74, 6) is 0.299. The molecule has 0 saturated heterocycles. The molecule has 0 aliphatic rings. The van der Waals surface area contributed by atoms with Gasteiger partial charge in [-0.3, -0.25) is 4.79 Å². The van der Waals surface area contributed by atoms with E-state index in [1.807, 2.05) is 13.8 Å². The number of carbonyl (C=O) groups is 1. The predicted octanol–water partition coefficient (Wildman–Crippen LogP) is 2.45. The van der Waals surface area contributed by atoms with Gasteiger partial charge in [-0.2, -0.15) is 0 Å². The van der Waals surface area contributed by atoms with Gasteiger partial charge in [-0.05, 0) is 6.42 Å². The number of aliphatic hydroxyl groups is 1. The van der Waals surface area contributed by atoms with Crippen molar-refractivity contribution in [1.29, 1.82) is 0 Å². The van der Waals surface area contributed by atoms with E-state index in [-0.39, 0.29) is 17.5 Å². The minimum atomic E-state index is -0.0113. The molecule has 0 aromatic heterocycles. The summed E-state index contributed by atoms with van der Waals surface area (Å²) in [6.45, 7) is 5.66. The van der Waals surface area contributed by atoms with Gasteiger partial charge in [0.25, 0.3) is 0 Å². The molecular formula is C9H16O2. The van der Waals surface area contributed by atoms with E-state index >= 15 is 0 Å². The van der Waals surface area contributed by atoms with Crippen LogP contribution in [0.1, 0.15) is 33.6 Å². The second-order valence-electron chi connectivity index (χ2n) is 2.70. The monoisotopic (exact) mass is 156 g/mol. The lowest BCUT2D eigenvalue weighted by atomic mass is 10.1. The summed E-state index contributed by atoms with van der Waals surface area (Å²) >= 11 is 0. The van der Waals surface area contributed by atoms with Crippen molar-refractivity contribution in [3.8, 4) is 0 Å². The van der Waals surface area contributed by atoms with Gasteiger partial charge in [0, 0.05) is 18.4 Å². The molecule has 0 rings (SSSR count). The number of allylic oxidation sites excluding steroid dienone is 2. The van der Waals surface area contributed by atoms with E-state index in [9.17, 15) is 9.90 Å². The summed E-state index contributed by atoms with van der Waals surface area (Å²) in [5.41, 5.74) is 0. The van der Waals surface area contributed by atoms with Crippen LogP contribution in [0.15, 0.2) is 11.8 Å². The van der Waals surface area contributed by atoms with Crippen molar-refractivity contribution in [3.63, 3.8) is 0 Å². The minimum absolute atomic E-state index is 0.0113. The van der Waals surface area contributed by atoms with Crippen LogP contribution in [0.4, 0.5) is 0 Å². The van der Waals surface area contributed by atoms with Gasteiger partial charge in [-0.1, -0.05) is 20.8 Å². The Morgan fingerprint density at radius 3 is 2.45 bits per heavy atom. The van der Waals surface area contributed by atoms with E-state index in [2.05, 4.69) is 0 Å². The van der Waals surface area contributed by atoms with Crippen LogP contribution in [-0.4, -0.2) is 10.9 Å². The molecule has 0 heterocycles. The Hall–Kier alpha value is -0.790. The molecule has 0 saturated carbocycles. The first-order valence-electron chi connectivity index (χ1n) is 4.05. The van der Waals surface area contributed by atoms with E-state index in [4.69, 9.17) is 0 Å². The number of aliphatic hydroxyl groups excluding tert-OH is 1. The van der Waals surface area contributed by atoms with Crippen LogP contribution < -0.4 is 0 Å². The van der Waals surface area contributed by atoms with E-state index in [1.54, 1.807) is 6.92 Å². The van der Waals surface area contributed by atoms with E-state index in [0.717, 1.165) is 6.42 Å². The highest BCUT2D eigenvalue weighted by Crippen LogP contribution is 2.10. The number of hydrogen-bond donors (Lipinski definition) is 1. The van der Waals surface area contributed by atoms with Gasteiger partial charge in [0.1, 0.15) is 0 Å². The SMILES string of the molecule is CCC(=O)C=C(O)C(C)CC. The lowest BCUT2D eigenvalue weighted by molar-refractivity contribution is -0.114. The maximum absolute atomic E-state index is 10.8. The van der Waals surface area contributed by atoms with E-state index in [1.165, 1.54) is 6.08 Å². The zero-order valence-electron chi connectivity index (χ0n) is 7.42. The van der Waals surface area contributed by atoms with Crippen LogP contribution in [-0.2, 0) is 4.79 Å². The Labute approximate surface area is 67.9 Å². The molecule has 0 fully saturated rings. The number of carbonyl (C=O) groups excluding carboxylic acids is 1. The summed E-state index contributed by atoms with van der Waals surface area (Å²) < 4.78 is 0. The molecule has 64 valence electrons. The third-order valence-electron chi connectivity index (χ3n) is 1.77. The molecule has 11 heavy (non-hydrogen) atoms. The molecule has 0 aliphatic heterocycles. The summed E-state index contributed by atoms with van der Waals surface area (Å²) in [5, 5.41) is 9.26. The van der Waals surface area contributed by atoms with Crippen molar-refractivity contribution in [2.75, 3.05) is 0 Å². The maximum atomic E-state index is 10.8. The zero-order chi connectivity index (χ0) is 8.85. The number of hydrogen-bond acceptors (Lipinski definition) is 2. The smallest absolute Gasteiger partial charge is 0.158 e. The molecule has 1 atom stereocenters. The van der Waals surface area contributed by atoms with Crippen molar-refractivity contribution in [3.05, 3.63) is 11.8 Å². The van der Waals surface area contributed by atoms with E-state index in [0.29, 0.717) is 6.42 Å². The van der Waals surface area contributed by atoms with Crippen LogP contribution in [0.2, 0.25) is 0 Å². The topological polar surface area (TPSA) is 37.3 Å². The molecule has 2 nitrogen and oxygen atoms in total. The molecule has 0 radical (unpaired) electrons. The Kier molecular flexibility index (Phi) is 4.59. The normalized spacial score (nSPS) is 14.6. The standard InChI is InChI=1S/C9H16O2/c1-4-7(3)9(11)6-8(10)5-2/h6-7,11H,4-5H2,1-3H3. The van der Waals surface area contributed by atoms with Crippen LogP contribution in [0.25, 0.3) is 0 Å². The molecule has 0 bridgehead atoms. The third-order valence-corrected chi connectivity index (χ3v) is 1.77. The third kappa shape index (κ3) is 3.81. The molecule has 0 aromatic carbocycles. The second-order valence-corrected chi connectivity index (χ2v) is 2.70. The highest BCUT2D eigenvalue weighted by atomic mass is 16.3. The first kappa shape index (κ1) is 10.2. The molecule has 0 aliphatic carbocycles. The van der Waals surface area contributed by atoms with Crippen LogP contribution in [0.3, 0.4) is 0 Å². The average molecular weight is 156 g/mol. The van der Waals surface area contributed by atoms with Gasteiger partial charge >= 0.3 is 0 Å². The van der Waals surface area contributed by atoms with Crippen molar-refractivity contribution in [1.82, 2.24) is 0 Å². The highest BCUT2D eigenvalue weighted by molar-refractivity contribution is 5.89. The van der Waals surface area contributed by atoms with E-state index < -0.39 is 0 Å². The quantitative estimate of drug-likeness (QED) is 0.501. The average Bonchev–Trinajstić information content (AvgIpc) is 2.02. The Balaban J connectivity index is 4.09. The summed E-state index contributed by atoms with van der Waals surface area (Å²) in [7, 11) is 0.